The molecule has 3 amide bonds. The zero-order chi connectivity index (χ0) is 27.4. The van der Waals surface area contributed by atoms with Gasteiger partial charge in [-0.25, -0.2) is 0 Å². The number of nitrogens with two attached hydrogens (primary N) is 2. The second kappa shape index (κ2) is 11.4. The third-order valence-corrected chi connectivity index (χ3v) is 7.05. The summed E-state index contributed by atoms with van der Waals surface area (Å²) in [5.41, 5.74) is 15.0. The number of nitrogens with one attached hydrogen (secondary N) is 1. The van der Waals surface area contributed by atoms with Crippen molar-refractivity contribution in [2.24, 2.45) is 5.73 Å². The summed E-state index contributed by atoms with van der Waals surface area (Å²) in [4.78, 5) is 45.5. The van der Waals surface area contributed by atoms with E-state index in [1.54, 1.807) is 30.5 Å². The number of anilines is 2. The number of carbonyl (C=O) groups is 3. The Morgan fingerprint density at radius 3 is 2.58 bits per heavy atom. The van der Waals surface area contributed by atoms with Crippen LogP contribution >= 0.6 is 11.5 Å². The summed E-state index contributed by atoms with van der Waals surface area (Å²) in [5.74, 6) is -1.85. The minimum absolute atomic E-state index is 0.00850. The van der Waals surface area contributed by atoms with Crippen LogP contribution < -0.4 is 21.7 Å². The summed E-state index contributed by atoms with van der Waals surface area (Å²) >= 11 is 0.763. The molecular weight excluding hydrogens is 504 g/mol. The Kier molecular flexibility index (Phi) is 7.99. The summed E-state index contributed by atoms with van der Waals surface area (Å²) < 4.78 is 9.09. The average molecular weight is 533 g/mol. The first-order chi connectivity index (χ1) is 18.2. The van der Waals surface area contributed by atoms with Crippen LogP contribution in [0.5, 0.6) is 0 Å². The minimum Gasteiger partial charge on any atom is -0.395 e. The lowest BCUT2D eigenvalue weighted by Gasteiger charge is -2.32. The number of ether oxygens (including phenoxy) is 1. The fourth-order valence-corrected chi connectivity index (χ4v) is 4.79. The molecule has 0 unspecified atom stereocenters. The number of hydrogen-bond acceptors (Lipinski definition) is 8. The van der Waals surface area contributed by atoms with E-state index in [2.05, 4.69) is 14.7 Å². The quantitative estimate of drug-likeness (QED) is 0.280. The van der Waals surface area contributed by atoms with Gasteiger partial charge in [0.1, 0.15) is 10.9 Å². The smallest absolute Gasteiger partial charge is 0.273 e. The van der Waals surface area contributed by atoms with E-state index in [0.29, 0.717) is 17.9 Å². The molecule has 0 fully saturated rings. The second-order valence-corrected chi connectivity index (χ2v) is 9.50. The Morgan fingerprint density at radius 2 is 1.89 bits per heavy atom. The molecule has 0 radical (unpaired) electrons. The highest BCUT2D eigenvalue weighted by Crippen LogP contribution is 2.34. The number of methoxy groups -OCH3 is 1. The lowest BCUT2D eigenvalue weighted by molar-refractivity contribution is -0.122. The SMILES string of the molecule is COCCNC(=O)[C@H](c1ccc2ncccc2c1)N(C(=O)c1snc(C(N)=O)c1N)c1ccc(C)c(C)c1. The van der Waals surface area contributed by atoms with Crippen LogP contribution in [0, 0.1) is 13.8 Å². The molecule has 0 bridgehead atoms. The number of nitrogen functional groups attached to an aromatic ring is 1. The third-order valence-electron chi connectivity index (χ3n) is 6.20. The number of carbonyl (C=O) groups excluding carboxylic acids is 3. The molecule has 2 heterocycles. The predicted octanol–water partition coefficient (Wildman–Crippen LogP) is 3.14. The first kappa shape index (κ1) is 26.7. The van der Waals surface area contributed by atoms with Crippen LogP contribution in [-0.2, 0) is 9.53 Å². The van der Waals surface area contributed by atoms with Crippen molar-refractivity contribution < 1.29 is 19.1 Å². The number of aryl methyl sites for hydroxylation is 2. The van der Waals surface area contributed by atoms with E-state index in [1.807, 2.05) is 38.1 Å². The molecule has 38 heavy (non-hydrogen) atoms. The molecule has 0 aliphatic rings. The third kappa shape index (κ3) is 5.34. The molecule has 0 aliphatic heterocycles. The van der Waals surface area contributed by atoms with E-state index in [4.69, 9.17) is 16.2 Å². The largest absolute Gasteiger partial charge is 0.395 e. The number of amides is 3. The molecule has 2 aromatic carbocycles. The standard InChI is InChI=1S/C27H28N6O4S/c1-15-6-8-19(13-16(15)2)33(27(36)24-21(28)22(25(29)34)32-38-24)23(26(35)31-11-12-37-3)18-7-9-20-17(14-18)5-4-10-30-20/h4-10,13-14,23H,11-12,28H2,1-3H3,(H2,29,34)(H,31,35)/t23-/m0/s1. The van der Waals surface area contributed by atoms with Crippen molar-refractivity contribution >= 4 is 51.5 Å². The number of pyridine rings is 1. The van der Waals surface area contributed by atoms with E-state index < -0.39 is 23.8 Å². The zero-order valence-electron chi connectivity index (χ0n) is 21.2. The van der Waals surface area contributed by atoms with Crippen molar-refractivity contribution in [1.29, 1.82) is 0 Å². The lowest BCUT2D eigenvalue weighted by Crippen LogP contribution is -2.44. The van der Waals surface area contributed by atoms with Crippen LogP contribution in [0.15, 0.2) is 54.7 Å². The molecule has 2 aromatic heterocycles. The molecule has 4 rings (SSSR count). The van der Waals surface area contributed by atoms with E-state index in [-0.39, 0.29) is 22.8 Å². The maximum absolute atomic E-state index is 14.2. The maximum Gasteiger partial charge on any atom is 0.273 e. The monoisotopic (exact) mass is 532 g/mol. The number of nitrogens with zero attached hydrogens (tertiary/aromatic N) is 3. The molecule has 5 N–H and O–H groups in total. The van der Waals surface area contributed by atoms with Gasteiger partial charge in [-0.3, -0.25) is 24.3 Å². The van der Waals surface area contributed by atoms with Crippen molar-refractivity contribution in [3.05, 3.63) is 82.0 Å². The Labute approximate surface area is 223 Å². The second-order valence-electron chi connectivity index (χ2n) is 8.72. The molecule has 1 atom stereocenters. The normalized spacial score (nSPS) is 11.8. The van der Waals surface area contributed by atoms with Crippen molar-refractivity contribution in [1.82, 2.24) is 14.7 Å². The van der Waals surface area contributed by atoms with Gasteiger partial charge in [-0.1, -0.05) is 18.2 Å². The summed E-state index contributed by atoms with van der Waals surface area (Å²) in [6.07, 6.45) is 1.69. The van der Waals surface area contributed by atoms with Gasteiger partial charge in [0.25, 0.3) is 11.8 Å². The first-order valence-corrected chi connectivity index (χ1v) is 12.6. The van der Waals surface area contributed by atoms with Gasteiger partial charge >= 0.3 is 0 Å². The molecule has 11 heteroatoms. The molecule has 0 spiro atoms. The van der Waals surface area contributed by atoms with Crippen molar-refractivity contribution in [3.8, 4) is 0 Å². The van der Waals surface area contributed by atoms with Gasteiger partial charge in [-0.15, -0.1) is 0 Å². The Balaban J connectivity index is 1.92. The molecular formula is C27H28N6O4S. The number of hydrogen-bond donors (Lipinski definition) is 3. The fourth-order valence-electron chi connectivity index (χ4n) is 4.05. The molecule has 0 aliphatic carbocycles. The van der Waals surface area contributed by atoms with E-state index in [0.717, 1.165) is 33.6 Å². The van der Waals surface area contributed by atoms with Crippen LogP contribution in [0.3, 0.4) is 0 Å². The molecule has 10 nitrogen and oxygen atoms in total. The van der Waals surface area contributed by atoms with Gasteiger partial charge in [0.15, 0.2) is 5.69 Å². The highest BCUT2D eigenvalue weighted by molar-refractivity contribution is 7.09. The van der Waals surface area contributed by atoms with Crippen LogP contribution in [0.1, 0.15) is 42.9 Å². The highest BCUT2D eigenvalue weighted by atomic mass is 32.1. The summed E-state index contributed by atoms with van der Waals surface area (Å²) in [6, 6.07) is 13.5. The van der Waals surface area contributed by atoms with Gasteiger partial charge in [-0.05, 0) is 72.4 Å². The van der Waals surface area contributed by atoms with Crippen LogP contribution in [0.4, 0.5) is 11.4 Å². The molecule has 0 saturated heterocycles. The Morgan fingerprint density at radius 1 is 1.11 bits per heavy atom. The van der Waals surface area contributed by atoms with Crippen LogP contribution in [-0.4, -0.2) is 47.3 Å². The Hall–Kier alpha value is -4.35. The number of benzene rings is 2. The van der Waals surface area contributed by atoms with Gasteiger partial charge < -0.3 is 21.5 Å². The van der Waals surface area contributed by atoms with E-state index in [1.165, 1.54) is 12.0 Å². The van der Waals surface area contributed by atoms with Crippen molar-refractivity contribution in [2.75, 3.05) is 30.9 Å². The maximum atomic E-state index is 14.2. The molecule has 0 saturated carbocycles. The first-order valence-electron chi connectivity index (χ1n) is 11.8. The summed E-state index contributed by atoms with van der Waals surface area (Å²) in [7, 11) is 1.54. The summed E-state index contributed by atoms with van der Waals surface area (Å²) in [6.45, 7) is 4.41. The number of fused-ring (bicyclic) bond motifs is 1. The van der Waals surface area contributed by atoms with Gasteiger partial charge in [0.2, 0.25) is 5.91 Å². The summed E-state index contributed by atoms with van der Waals surface area (Å²) in [5, 5.41) is 3.67. The number of rotatable bonds is 9. The van der Waals surface area contributed by atoms with Crippen LogP contribution in [0.25, 0.3) is 10.9 Å². The van der Waals surface area contributed by atoms with Gasteiger partial charge in [0.05, 0.1) is 17.8 Å². The lowest BCUT2D eigenvalue weighted by atomic mass is 9.99. The predicted molar refractivity (Wildman–Crippen MR) is 147 cm³/mol. The zero-order valence-corrected chi connectivity index (χ0v) is 22.0. The van der Waals surface area contributed by atoms with Crippen molar-refractivity contribution in [3.63, 3.8) is 0 Å². The highest BCUT2D eigenvalue weighted by Gasteiger charge is 2.36. The topological polar surface area (TPSA) is 154 Å². The number of primary amides is 1. The van der Waals surface area contributed by atoms with E-state index in [9.17, 15) is 14.4 Å². The van der Waals surface area contributed by atoms with Crippen molar-refractivity contribution in [2.45, 2.75) is 19.9 Å². The van der Waals surface area contributed by atoms with E-state index >= 15 is 0 Å². The molecule has 4 aromatic rings. The number of aromatic nitrogens is 2. The fraction of sp³-hybridized carbons (Fsp3) is 0.222. The Bertz CT molecular complexity index is 1520. The molecule has 196 valence electrons. The van der Waals surface area contributed by atoms with Gasteiger partial charge in [0, 0.05) is 30.9 Å². The van der Waals surface area contributed by atoms with Gasteiger partial charge in [-0.2, -0.15) is 4.37 Å². The van der Waals surface area contributed by atoms with Crippen LogP contribution in [0.2, 0.25) is 0 Å². The minimum atomic E-state index is -1.09. The average Bonchev–Trinajstić information content (AvgIpc) is 3.30.